The smallest absolute Gasteiger partial charge is 0.230 e. The standard InChI is InChI=1S/C25H22N4O3S/c1-31-21-12-11-16(13-22(21)32-2)14-26-23(30)15-33-25-28-18-8-4-3-7-17(18)24-27-19-9-5-6-10-20(19)29(24)25/h3-13H,14-15H2,1-2H3,(H,26,30). The fourth-order valence-electron chi connectivity index (χ4n) is 3.78. The molecule has 5 aromatic rings. The van der Waals surface area contributed by atoms with Crippen LogP contribution in [0.3, 0.4) is 0 Å². The normalized spacial score (nSPS) is 11.2. The van der Waals surface area contributed by atoms with E-state index in [1.807, 2.05) is 71.1 Å². The summed E-state index contributed by atoms with van der Waals surface area (Å²) in [6.45, 7) is 0.397. The number of benzene rings is 3. The number of carbonyl (C=O) groups excluding carboxylic acids is 1. The van der Waals surface area contributed by atoms with Crippen molar-refractivity contribution in [2.45, 2.75) is 11.7 Å². The van der Waals surface area contributed by atoms with Gasteiger partial charge in [0.1, 0.15) is 5.65 Å². The van der Waals surface area contributed by atoms with Crippen LogP contribution in [0.1, 0.15) is 5.56 Å². The Morgan fingerprint density at radius 2 is 1.70 bits per heavy atom. The maximum atomic E-state index is 12.6. The maximum Gasteiger partial charge on any atom is 0.230 e. The number of amides is 1. The summed E-state index contributed by atoms with van der Waals surface area (Å²) in [5.41, 5.74) is 4.50. The minimum absolute atomic E-state index is 0.0812. The van der Waals surface area contributed by atoms with Gasteiger partial charge in [0.2, 0.25) is 5.91 Å². The monoisotopic (exact) mass is 458 g/mol. The van der Waals surface area contributed by atoms with E-state index >= 15 is 0 Å². The molecular weight excluding hydrogens is 436 g/mol. The molecule has 2 heterocycles. The average molecular weight is 459 g/mol. The van der Waals surface area contributed by atoms with Gasteiger partial charge in [-0.25, -0.2) is 9.97 Å². The third-order valence-electron chi connectivity index (χ3n) is 5.38. The molecule has 0 spiro atoms. The molecule has 0 radical (unpaired) electrons. The Morgan fingerprint density at radius 3 is 2.52 bits per heavy atom. The third kappa shape index (κ3) is 4.05. The number of methoxy groups -OCH3 is 2. The summed E-state index contributed by atoms with van der Waals surface area (Å²) in [6, 6.07) is 21.5. The number of rotatable bonds is 7. The molecule has 0 aliphatic carbocycles. The summed E-state index contributed by atoms with van der Waals surface area (Å²) in [5.74, 6) is 1.44. The van der Waals surface area contributed by atoms with Gasteiger partial charge >= 0.3 is 0 Å². The first-order valence-corrected chi connectivity index (χ1v) is 11.4. The van der Waals surface area contributed by atoms with Crippen molar-refractivity contribution in [2.24, 2.45) is 0 Å². The second kappa shape index (κ2) is 8.99. The van der Waals surface area contributed by atoms with E-state index in [-0.39, 0.29) is 11.7 Å². The SMILES string of the molecule is COc1ccc(CNC(=O)CSc2nc3ccccc3c3nc4ccccc4n23)cc1OC. The van der Waals surface area contributed by atoms with Gasteiger partial charge in [0.05, 0.1) is 36.5 Å². The first-order valence-electron chi connectivity index (χ1n) is 10.4. The first-order chi connectivity index (χ1) is 16.2. The highest BCUT2D eigenvalue weighted by atomic mass is 32.2. The zero-order chi connectivity index (χ0) is 22.8. The number of fused-ring (bicyclic) bond motifs is 5. The molecule has 0 fully saturated rings. The topological polar surface area (TPSA) is 77.8 Å². The van der Waals surface area contributed by atoms with Crippen molar-refractivity contribution < 1.29 is 14.3 Å². The second-order valence-corrected chi connectivity index (χ2v) is 8.37. The summed E-state index contributed by atoms with van der Waals surface area (Å²) in [7, 11) is 3.19. The van der Waals surface area contributed by atoms with Crippen molar-refractivity contribution in [3.8, 4) is 11.5 Å². The third-order valence-corrected chi connectivity index (χ3v) is 6.32. The molecule has 5 rings (SSSR count). The predicted molar refractivity (Wildman–Crippen MR) is 130 cm³/mol. The number of thioether (sulfide) groups is 1. The minimum Gasteiger partial charge on any atom is -0.493 e. The lowest BCUT2D eigenvalue weighted by atomic mass is 10.2. The summed E-state index contributed by atoms with van der Waals surface area (Å²) >= 11 is 1.40. The molecule has 166 valence electrons. The van der Waals surface area contributed by atoms with E-state index in [0.29, 0.717) is 18.0 Å². The van der Waals surface area contributed by atoms with Gasteiger partial charge in [0.15, 0.2) is 16.7 Å². The van der Waals surface area contributed by atoms with Gasteiger partial charge in [-0.05, 0) is 42.0 Å². The van der Waals surface area contributed by atoms with Crippen LogP contribution in [0.2, 0.25) is 0 Å². The summed E-state index contributed by atoms with van der Waals surface area (Å²) in [5, 5.41) is 4.68. The summed E-state index contributed by atoms with van der Waals surface area (Å²) in [6.07, 6.45) is 0. The van der Waals surface area contributed by atoms with Crippen LogP contribution in [-0.2, 0) is 11.3 Å². The minimum atomic E-state index is -0.0812. The van der Waals surface area contributed by atoms with Crippen LogP contribution in [0.25, 0.3) is 27.6 Å². The molecule has 1 N–H and O–H groups in total. The Bertz CT molecular complexity index is 1480. The molecule has 8 heteroatoms. The molecule has 0 aliphatic rings. The predicted octanol–water partition coefficient (Wildman–Crippen LogP) is 4.46. The molecule has 0 saturated carbocycles. The van der Waals surface area contributed by atoms with E-state index in [0.717, 1.165) is 38.3 Å². The molecule has 0 aliphatic heterocycles. The molecule has 7 nitrogen and oxygen atoms in total. The van der Waals surface area contributed by atoms with Gasteiger partial charge in [0.25, 0.3) is 0 Å². The summed E-state index contributed by atoms with van der Waals surface area (Å²) < 4.78 is 12.6. The molecule has 33 heavy (non-hydrogen) atoms. The van der Waals surface area contributed by atoms with Crippen molar-refractivity contribution in [3.05, 3.63) is 72.3 Å². The van der Waals surface area contributed by atoms with Crippen molar-refractivity contribution in [2.75, 3.05) is 20.0 Å². The van der Waals surface area contributed by atoms with Gasteiger partial charge in [-0.2, -0.15) is 0 Å². The van der Waals surface area contributed by atoms with E-state index in [1.165, 1.54) is 11.8 Å². The molecule has 0 unspecified atom stereocenters. The zero-order valence-electron chi connectivity index (χ0n) is 18.2. The number of imidazole rings is 1. The molecule has 2 aromatic heterocycles. The van der Waals surface area contributed by atoms with Crippen LogP contribution < -0.4 is 14.8 Å². The lowest BCUT2D eigenvalue weighted by Crippen LogP contribution is -2.24. The number of hydrogen-bond acceptors (Lipinski definition) is 6. The van der Waals surface area contributed by atoms with Crippen LogP contribution in [0, 0.1) is 0 Å². The first kappa shape index (κ1) is 21.1. The second-order valence-electron chi connectivity index (χ2n) is 7.43. The fraction of sp³-hybridized carbons (Fsp3) is 0.160. The largest absolute Gasteiger partial charge is 0.493 e. The Hall–Kier alpha value is -3.78. The number of nitrogens with one attached hydrogen (secondary N) is 1. The van der Waals surface area contributed by atoms with Crippen LogP contribution in [0.5, 0.6) is 11.5 Å². The van der Waals surface area contributed by atoms with Gasteiger partial charge in [-0.1, -0.05) is 42.1 Å². The molecule has 0 bridgehead atoms. The van der Waals surface area contributed by atoms with E-state index < -0.39 is 0 Å². The van der Waals surface area contributed by atoms with Crippen molar-refractivity contribution >= 4 is 45.3 Å². The average Bonchev–Trinajstić information content (AvgIpc) is 3.26. The Balaban J connectivity index is 1.37. The highest BCUT2D eigenvalue weighted by Gasteiger charge is 2.15. The van der Waals surface area contributed by atoms with Crippen LogP contribution >= 0.6 is 11.8 Å². The fourth-order valence-corrected chi connectivity index (χ4v) is 4.62. The van der Waals surface area contributed by atoms with Crippen molar-refractivity contribution in [1.29, 1.82) is 0 Å². The van der Waals surface area contributed by atoms with E-state index in [2.05, 4.69) is 5.32 Å². The van der Waals surface area contributed by atoms with Gasteiger partial charge in [-0.15, -0.1) is 0 Å². The number of ether oxygens (including phenoxy) is 2. The quantitative estimate of drug-likeness (QED) is 0.287. The Labute approximate surface area is 194 Å². The van der Waals surface area contributed by atoms with E-state index in [9.17, 15) is 4.79 Å². The van der Waals surface area contributed by atoms with Crippen LogP contribution in [0.4, 0.5) is 0 Å². The van der Waals surface area contributed by atoms with Gasteiger partial charge in [-0.3, -0.25) is 9.20 Å². The van der Waals surface area contributed by atoms with Gasteiger partial charge in [0, 0.05) is 11.9 Å². The number of aromatic nitrogens is 3. The van der Waals surface area contributed by atoms with E-state index in [1.54, 1.807) is 14.2 Å². The lowest BCUT2D eigenvalue weighted by Gasteiger charge is -2.11. The highest BCUT2D eigenvalue weighted by molar-refractivity contribution is 7.99. The number of hydrogen-bond donors (Lipinski definition) is 1. The maximum absolute atomic E-state index is 12.6. The number of para-hydroxylation sites is 3. The van der Waals surface area contributed by atoms with Crippen LogP contribution in [0.15, 0.2) is 71.9 Å². The molecule has 0 atom stereocenters. The lowest BCUT2D eigenvalue weighted by molar-refractivity contribution is -0.118. The van der Waals surface area contributed by atoms with Crippen molar-refractivity contribution in [1.82, 2.24) is 19.7 Å². The van der Waals surface area contributed by atoms with E-state index in [4.69, 9.17) is 19.4 Å². The Morgan fingerprint density at radius 1 is 0.939 bits per heavy atom. The van der Waals surface area contributed by atoms with Gasteiger partial charge < -0.3 is 14.8 Å². The number of nitrogens with zero attached hydrogens (tertiary/aromatic N) is 3. The highest BCUT2D eigenvalue weighted by Crippen LogP contribution is 2.29. The Kier molecular flexibility index (Phi) is 5.75. The molecular formula is C25H22N4O3S. The molecule has 0 saturated heterocycles. The van der Waals surface area contributed by atoms with Crippen LogP contribution in [-0.4, -0.2) is 40.2 Å². The zero-order valence-corrected chi connectivity index (χ0v) is 19.1. The van der Waals surface area contributed by atoms with Crippen molar-refractivity contribution in [3.63, 3.8) is 0 Å². The molecule has 3 aromatic carbocycles. The molecule has 1 amide bonds. The number of carbonyl (C=O) groups is 1. The summed E-state index contributed by atoms with van der Waals surface area (Å²) in [4.78, 5) is 22.3.